The predicted molar refractivity (Wildman–Crippen MR) is 96.0 cm³/mol. The van der Waals surface area contributed by atoms with Crippen LogP contribution in [0.15, 0.2) is 36.8 Å². The van der Waals surface area contributed by atoms with E-state index >= 15 is 0 Å². The third-order valence-corrected chi connectivity index (χ3v) is 4.79. The van der Waals surface area contributed by atoms with Crippen LogP contribution in [0.2, 0.25) is 0 Å². The second kappa shape index (κ2) is 6.96. The summed E-state index contributed by atoms with van der Waals surface area (Å²) in [5.41, 5.74) is 3.19. The molecule has 0 saturated heterocycles. The largest absolute Gasteiger partial charge is 0.373 e. The van der Waals surface area contributed by atoms with Crippen LogP contribution in [0.1, 0.15) is 40.4 Å². The Morgan fingerprint density at radius 1 is 1.41 bits per heavy atom. The minimum atomic E-state index is -0.367. The van der Waals surface area contributed by atoms with Crippen molar-refractivity contribution in [3.8, 4) is 5.69 Å². The molecule has 1 N–H and O–H groups in total. The van der Waals surface area contributed by atoms with Gasteiger partial charge in [0.1, 0.15) is 17.2 Å². The molecule has 27 heavy (non-hydrogen) atoms. The molecule has 1 amide bonds. The van der Waals surface area contributed by atoms with E-state index in [0.717, 1.165) is 17.0 Å². The fourth-order valence-electron chi connectivity index (χ4n) is 3.42. The van der Waals surface area contributed by atoms with Crippen LogP contribution in [-0.4, -0.2) is 31.8 Å². The molecule has 0 radical (unpaired) electrons. The van der Waals surface area contributed by atoms with Crippen LogP contribution in [-0.2, 0) is 24.8 Å². The molecular formula is C19H20FN5O2. The number of halogens is 1. The van der Waals surface area contributed by atoms with Gasteiger partial charge in [-0.25, -0.2) is 14.1 Å². The van der Waals surface area contributed by atoms with Gasteiger partial charge in [-0.15, -0.1) is 0 Å². The summed E-state index contributed by atoms with van der Waals surface area (Å²) in [5.74, 6) is -0.622. The zero-order valence-corrected chi connectivity index (χ0v) is 15.1. The number of hydrogen-bond donors (Lipinski definition) is 1. The molecule has 3 heterocycles. The summed E-state index contributed by atoms with van der Waals surface area (Å²) in [6.45, 7) is 2.61. The SMILES string of the molecule is CCc1c(C(=O)N[C@H]2COCc3c2cnn3-c2ccccc2F)ncn1C. The fourth-order valence-corrected chi connectivity index (χ4v) is 3.42. The predicted octanol–water partition coefficient (Wildman–Crippen LogP) is 2.31. The number of aromatic nitrogens is 4. The van der Waals surface area contributed by atoms with Crippen LogP contribution in [0, 0.1) is 5.82 Å². The summed E-state index contributed by atoms with van der Waals surface area (Å²) in [5, 5.41) is 7.29. The Morgan fingerprint density at radius 2 is 2.22 bits per heavy atom. The molecule has 1 aromatic carbocycles. The summed E-state index contributed by atoms with van der Waals surface area (Å²) in [4.78, 5) is 16.9. The number of rotatable bonds is 4. The van der Waals surface area contributed by atoms with E-state index in [0.29, 0.717) is 31.0 Å². The molecule has 3 aromatic rings. The number of amides is 1. The van der Waals surface area contributed by atoms with E-state index in [4.69, 9.17) is 4.74 Å². The number of benzene rings is 1. The Bertz CT molecular complexity index is 994. The molecule has 2 aromatic heterocycles. The van der Waals surface area contributed by atoms with Gasteiger partial charge >= 0.3 is 0 Å². The maximum absolute atomic E-state index is 14.2. The monoisotopic (exact) mass is 369 g/mol. The molecule has 0 aliphatic carbocycles. The van der Waals surface area contributed by atoms with Gasteiger partial charge in [0.25, 0.3) is 5.91 Å². The quantitative estimate of drug-likeness (QED) is 0.766. The Morgan fingerprint density at radius 3 is 3.00 bits per heavy atom. The lowest BCUT2D eigenvalue weighted by atomic mass is 10.1. The minimum absolute atomic E-state index is 0.257. The molecule has 0 bridgehead atoms. The van der Waals surface area contributed by atoms with Gasteiger partial charge in [0.2, 0.25) is 0 Å². The van der Waals surface area contributed by atoms with Gasteiger partial charge in [-0.1, -0.05) is 19.1 Å². The maximum atomic E-state index is 14.2. The van der Waals surface area contributed by atoms with E-state index in [9.17, 15) is 9.18 Å². The fraction of sp³-hybridized carbons (Fsp3) is 0.316. The zero-order chi connectivity index (χ0) is 19.0. The number of carbonyl (C=O) groups is 1. The Labute approximate surface area is 155 Å². The van der Waals surface area contributed by atoms with Crippen molar-refractivity contribution in [1.29, 1.82) is 0 Å². The molecule has 0 unspecified atom stereocenters. The van der Waals surface area contributed by atoms with Gasteiger partial charge in [-0.05, 0) is 18.6 Å². The lowest BCUT2D eigenvalue weighted by Crippen LogP contribution is -2.35. The van der Waals surface area contributed by atoms with Crippen LogP contribution < -0.4 is 5.32 Å². The summed E-state index contributed by atoms with van der Waals surface area (Å²) in [6.07, 6.45) is 4.00. The molecule has 0 saturated carbocycles. The second-order valence-corrected chi connectivity index (χ2v) is 6.46. The van der Waals surface area contributed by atoms with Crippen molar-refractivity contribution in [3.05, 3.63) is 65.3 Å². The highest BCUT2D eigenvalue weighted by atomic mass is 19.1. The first kappa shape index (κ1) is 17.4. The average Bonchev–Trinajstić information content (AvgIpc) is 3.26. The summed E-state index contributed by atoms with van der Waals surface area (Å²) in [6, 6.07) is 6.06. The highest BCUT2D eigenvalue weighted by Gasteiger charge is 2.28. The van der Waals surface area contributed by atoms with Crippen molar-refractivity contribution < 1.29 is 13.9 Å². The number of imidazole rings is 1. The van der Waals surface area contributed by atoms with Gasteiger partial charge < -0.3 is 14.6 Å². The lowest BCUT2D eigenvalue weighted by molar-refractivity contribution is 0.0683. The zero-order valence-electron chi connectivity index (χ0n) is 15.1. The Kier molecular flexibility index (Phi) is 4.49. The van der Waals surface area contributed by atoms with Gasteiger partial charge in [0, 0.05) is 18.3 Å². The molecule has 0 fully saturated rings. The van der Waals surface area contributed by atoms with E-state index < -0.39 is 0 Å². The molecule has 1 aliphatic heterocycles. The maximum Gasteiger partial charge on any atom is 0.272 e. The van der Waals surface area contributed by atoms with Gasteiger partial charge in [0.05, 0.1) is 37.5 Å². The smallest absolute Gasteiger partial charge is 0.272 e. The molecule has 1 atom stereocenters. The number of hydrogen-bond acceptors (Lipinski definition) is 4. The lowest BCUT2D eigenvalue weighted by Gasteiger charge is -2.24. The third kappa shape index (κ3) is 3.02. The number of nitrogens with one attached hydrogen (secondary N) is 1. The van der Waals surface area contributed by atoms with Gasteiger partial charge in [0.15, 0.2) is 0 Å². The van der Waals surface area contributed by atoms with E-state index in [-0.39, 0.29) is 17.8 Å². The average molecular weight is 369 g/mol. The Balaban J connectivity index is 1.63. The van der Waals surface area contributed by atoms with E-state index in [1.165, 1.54) is 10.7 Å². The van der Waals surface area contributed by atoms with Crippen molar-refractivity contribution in [2.24, 2.45) is 7.05 Å². The van der Waals surface area contributed by atoms with E-state index in [1.807, 2.05) is 18.5 Å². The van der Waals surface area contributed by atoms with Crippen LogP contribution in [0.5, 0.6) is 0 Å². The minimum Gasteiger partial charge on any atom is -0.373 e. The highest BCUT2D eigenvalue weighted by molar-refractivity contribution is 5.93. The van der Waals surface area contributed by atoms with Crippen molar-refractivity contribution >= 4 is 5.91 Å². The van der Waals surface area contributed by atoms with E-state index in [1.54, 1.807) is 30.7 Å². The molecule has 8 heteroatoms. The first-order valence-corrected chi connectivity index (χ1v) is 8.80. The first-order chi connectivity index (χ1) is 13.1. The molecular weight excluding hydrogens is 349 g/mol. The third-order valence-electron chi connectivity index (χ3n) is 4.79. The van der Waals surface area contributed by atoms with Crippen molar-refractivity contribution in [3.63, 3.8) is 0 Å². The van der Waals surface area contributed by atoms with Crippen molar-refractivity contribution in [2.45, 2.75) is 26.0 Å². The number of aryl methyl sites for hydroxylation is 1. The van der Waals surface area contributed by atoms with Gasteiger partial charge in [-0.3, -0.25) is 4.79 Å². The molecule has 1 aliphatic rings. The number of para-hydroxylation sites is 1. The standard InChI is InChI=1S/C19H20FN5O2/c1-3-15-18(21-11-24(15)2)19(26)23-14-9-27-10-17-12(14)8-22-25(17)16-7-5-4-6-13(16)20/h4-8,11,14H,3,9-10H2,1-2H3,(H,23,26)/t14-/m0/s1. The molecule has 0 spiro atoms. The van der Waals surface area contributed by atoms with Crippen LogP contribution in [0.3, 0.4) is 0 Å². The molecule has 140 valence electrons. The first-order valence-electron chi connectivity index (χ1n) is 8.80. The number of nitrogens with zero attached hydrogens (tertiary/aromatic N) is 4. The molecule has 4 rings (SSSR count). The number of ether oxygens (including phenoxy) is 1. The van der Waals surface area contributed by atoms with Crippen LogP contribution in [0.25, 0.3) is 5.69 Å². The topological polar surface area (TPSA) is 74.0 Å². The summed E-state index contributed by atoms with van der Waals surface area (Å²) < 4.78 is 23.2. The van der Waals surface area contributed by atoms with Crippen LogP contribution >= 0.6 is 0 Å². The second-order valence-electron chi connectivity index (χ2n) is 6.46. The Hall–Kier alpha value is -3.00. The van der Waals surface area contributed by atoms with Crippen molar-refractivity contribution in [1.82, 2.24) is 24.6 Å². The van der Waals surface area contributed by atoms with Gasteiger partial charge in [-0.2, -0.15) is 5.10 Å². The van der Waals surface area contributed by atoms with Crippen LogP contribution in [0.4, 0.5) is 4.39 Å². The van der Waals surface area contributed by atoms with E-state index in [2.05, 4.69) is 15.4 Å². The highest BCUT2D eigenvalue weighted by Crippen LogP contribution is 2.27. The number of carbonyl (C=O) groups excluding carboxylic acids is 1. The normalized spacial score (nSPS) is 16.2. The molecule has 7 nitrogen and oxygen atoms in total. The number of fused-ring (bicyclic) bond motifs is 1. The van der Waals surface area contributed by atoms with Crippen molar-refractivity contribution in [2.75, 3.05) is 6.61 Å². The summed E-state index contributed by atoms with van der Waals surface area (Å²) >= 11 is 0. The summed E-state index contributed by atoms with van der Waals surface area (Å²) in [7, 11) is 1.86.